The molecule has 0 spiro atoms. The molecule has 4 aromatic rings. The zero-order chi connectivity index (χ0) is 20.5. The quantitative estimate of drug-likeness (QED) is 0.389. The fourth-order valence-corrected chi connectivity index (χ4v) is 4.37. The summed E-state index contributed by atoms with van der Waals surface area (Å²) in [6.45, 7) is 1.97. The monoisotopic (exact) mass is 407 g/mol. The normalized spacial score (nSPS) is 11.0. The van der Waals surface area contributed by atoms with E-state index in [1.54, 1.807) is 19.2 Å². The molecule has 0 unspecified atom stereocenters. The largest absolute Gasteiger partial charge is 0.497 e. The smallest absolute Gasteiger partial charge is 0.269 e. The van der Waals surface area contributed by atoms with Crippen molar-refractivity contribution < 1.29 is 9.66 Å². The first-order valence-electron chi connectivity index (χ1n) is 8.86. The third-order valence-electron chi connectivity index (χ3n) is 4.66. The number of hydrogen-bond acceptors (Lipinski definition) is 6. The van der Waals surface area contributed by atoms with Crippen LogP contribution in [0.25, 0.3) is 21.3 Å². The van der Waals surface area contributed by atoms with Crippen LogP contribution >= 0.6 is 11.3 Å². The number of fused-ring (bicyclic) bond motifs is 1. The van der Waals surface area contributed by atoms with Gasteiger partial charge in [-0.05, 0) is 30.2 Å². The van der Waals surface area contributed by atoms with E-state index in [0.717, 1.165) is 27.3 Å². The molecule has 2 heterocycles. The van der Waals surface area contributed by atoms with E-state index < -0.39 is 4.92 Å². The van der Waals surface area contributed by atoms with Crippen molar-refractivity contribution in [2.75, 3.05) is 7.11 Å². The number of aromatic nitrogens is 2. The van der Waals surface area contributed by atoms with Crippen molar-refractivity contribution in [1.82, 2.24) is 9.97 Å². The lowest BCUT2D eigenvalue weighted by Gasteiger charge is -2.05. The average molecular weight is 407 g/mol. The van der Waals surface area contributed by atoms with Crippen molar-refractivity contribution in [3.05, 3.63) is 85.3 Å². The number of H-pyrrole nitrogens is 1. The Morgan fingerprint density at radius 2 is 1.97 bits per heavy atom. The summed E-state index contributed by atoms with van der Waals surface area (Å²) in [5.41, 5.74) is 2.43. The van der Waals surface area contributed by atoms with Gasteiger partial charge in [0.2, 0.25) is 0 Å². The standard InChI is InChI=1S/C21H17N3O4S/c1-12-18(14-4-3-5-16(11-14)28-2)19-20(25)22-17(23-21(19)29-12)10-13-6-8-15(9-7-13)24(26)27/h3-9,11H,10H2,1-2H3,(H,22,23,25). The van der Waals surface area contributed by atoms with Crippen LogP contribution in [0.15, 0.2) is 53.3 Å². The van der Waals surface area contributed by atoms with E-state index >= 15 is 0 Å². The maximum absolute atomic E-state index is 12.9. The molecule has 2 aromatic carbocycles. The van der Waals surface area contributed by atoms with E-state index in [9.17, 15) is 14.9 Å². The van der Waals surface area contributed by atoms with Crippen molar-refractivity contribution in [2.45, 2.75) is 13.3 Å². The number of nitrogens with one attached hydrogen (secondary N) is 1. The molecule has 7 nitrogen and oxygen atoms in total. The van der Waals surface area contributed by atoms with Crippen LogP contribution in [0.2, 0.25) is 0 Å². The molecule has 4 rings (SSSR count). The summed E-state index contributed by atoms with van der Waals surface area (Å²) in [5, 5.41) is 11.4. The maximum Gasteiger partial charge on any atom is 0.269 e. The van der Waals surface area contributed by atoms with Gasteiger partial charge < -0.3 is 9.72 Å². The molecule has 146 valence electrons. The second-order valence-electron chi connectivity index (χ2n) is 6.56. The highest BCUT2D eigenvalue weighted by Gasteiger charge is 2.17. The van der Waals surface area contributed by atoms with Crippen LogP contribution in [-0.2, 0) is 6.42 Å². The van der Waals surface area contributed by atoms with Gasteiger partial charge in [-0.1, -0.05) is 24.3 Å². The Bertz CT molecular complexity index is 1280. The van der Waals surface area contributed by atoms with Crippen LogP contribution in [0.3, 0.4) is 0 Å². The number of aromatic amines is 1. The van der Waals surface area contributed by atoms with Crippen LogP contribution in [0.1, 0.15) is 16.3 Å². The van der Waals surface area contributed by atoms with Crippen molar-refractivity contribution in [3.8, 4) is 16.9 Å². The Labute approximate surface area is 169 Å². The second kappa shape index (κ2) is 7.48. The summed E-state index contributed by atoms with van der Waals surface area (Å²) >= 11 is 1.47. The highest BCUT2D eigenvalue weighted by Crippen LogP contribution is 2.36. The molecule has 0 aliphatic carbocycles. The molecule has 0 amide bonds. The number of thiophene rings is 1. The fourth-order valence-electron chi connectivity index (χ4n) is 3.30. The van der Waals surface area contributed by atoms with E-state index in [1.807, 2.05) is 31.2 Å². The van der Waals surface area contributed by atoms with Gasteiger partial charge in [-0.2, -0.15) is 0 Å². The Morgan fingerprint density at radius 3 is 2.66 bits per heavy atom. The summed E-state index contributed by atoms with van der Waals surface area (Å²) in [7, 11) is 1.61. The molecule has 0 atom stereocenters. The molecule has 0 aliphatic heterocycles. The lowest BCUT2D eigenvalue weighted by molar-refractivity contribution is -0.384. The summed E-state index contributed by atoms with van der Waals surface area (Å²) in [4.78, 5) is 32.4. The van der Waals surface area contributed by atoms with Gasteiger partial charge in [-0.3, -0.25) is 14.9 Å². The number of rotatable bonds is 5. The topological polar surface area (TPSA) is 98.1 Å². The van der Waals surface area contributed by atoms with Crippen LogP contribution in [0.5, 0.6) is 5.75 Å². The van der Waals surface area contributed by atoms with Gasteiger partial charge >= 0.3 is 0 Å². The van der Waals surface area contributed by atoms with Crippen LogP contribution in [0.4, 0.5) is 5.69 Å². The predicted molar refractivity (Wildman–Crippen MR) is 113 cm³/mol. The molecule has 0 radical (unpaired) electrons. The molecular weight excluding hydrogens is 390 g/mol. The Morgan fingerprint density at radius 1 is 1.21 bits per heavy atom. The Hall–Kier alpha value is -3.52. The number of ether oxygens (including phenoxy) is 1. The van der Waals surface area contributed by atoms with Gasteiger partial charge in [-0.15, -0.1) is 11.3 Å². The molecule has 2 aromatic heterocycles. The molecule has 1 N–H and O–H groups in total. The highest BCUT2D eigenvalue weighted by molar-refractivity contribution is 7.19. The van der Waals surface area contributed by atoms with Crippen molar-refractivity contribution >= 4 is 27.2 Å². The molecule has 8 heteroatoms. The molecule has 0 saturated heterocycles. The van der Waals surface area contributed by atoms with Crippen molar-refractivity contribution in [3.63, 3.8) is 0 Å². The van der Waals surface area contributed by atoms with Gasteiger partial charge in [0.05, 0.1) is 17.4 Å². The van der Waals surface area contributed by atoms with Gasteiger partial charge in [0.15, 0.2) is 0 Å². The number of methoxy groups -OCH3 is 1. The molecule has 0 saturated carbocycles. The summed E-state index contributed by atoms with van der Waals surface area (Å²) in [6, 6.07) is 13.8. The number of nitro groups is 1. The minimum atomic E-state index is -0.440. The number of aryl methyl sites for hydroxylation is 1. The first-order chi connectivity index (χ1) is 14.0. The predicted octanol–water partition coefficient (Wildman–Crippen LogP) is 4.47. The molecular formula is C21H17N3O4S. The molecule has 0 bridgehead atoms. The number of hydrogen-bond donors (Lipinski definition) is 1. The van der Waals surface area contributed by atoms with Crippen LogP contribution in [0, 0.1) is 17.0 Å². The summed E-state index contributed by atoms with van der Waals surface area (Å²) in [6.07, 6.45) is 0.384. The van der Waals surface area contributed by atoms with Gasteiger partial charge in [0, 0.05) is 29.0 Å². The number of nitrogens with zero attached hydrogens (tertiary/aromatic N) is 2. The first kappa shape index (κ1) is 18.8. The fraction of sp³-hybridized carbons (Fsp3) is 0.143. The third-order valence-corrected chi connectivity index (χ3v) is 5.66. The Kier molecular flexibility index (Phi) is 4.85. The second-order valence-corrected chi connectivity index (χ2v) is 7.76. The highest BCUT2D eigenvalue weighted by atomic mass is 32.1. The first-order valence-corrected chi connectivity index (χ1v) is 9.68. The zero-order valence-electron chi connectivity index (χ0n) is 15.8. The number of non-ortho nitro benzene ring substituents is 1. The van der Waals surface area contributed by atoms with E-state index in [-0.39, 0.29) is 11.2 Å². The van der Waals surface area contributed by atoms with E-state index in [0.29, 0.717) is 22.5 Å². The van der Waals surface area contributed by atoms with E-state index in [4.69, 9.17) is 4.74 Å². The summed E-state index contributed by atoms with van der Waals surface area (Å²) < 4.78 is 5.30. The van der Waals surface area contributed by atoms with E-state index in [1.165, 1.54) is 23.5 Å². The number of nitro benzene ring substituents is 1. The molecule has 29 heavy (non-hydrogen) atoms. The zero-order valence-corrected chi connectivity index (χ0v) is 16.6. The minimum Gasteiger partial charge on any atom is -0.497 e. The third kappa shape index (κ3) is 3.62. The molecule has 0 fully saturated rings. The van der Waals surface area contributed by atoms with E-state index in [2.05, 4.69) is 9.97 Å². The maximum atomic E-state index is 12.9. The Balaban J connectivity index is 1.75. The summed E-state index contributed by atoms with van der Waals surface area (Å²) in [5.74, 6) is 1.25. The van der Waals surface area contributed by atoms with Gasteiger partial charge in [0.25, 0.3) is 11.2 Å². The van der Waals surface area contributed by atoms with Gasteiger partial charge in [-0.25, -0.2) is 4.98 Å². The van der Waals surface area contributed by atoms with Crippen molar-refractivity contribution in [1.29, 1.82) is 0 Å². The van der Waals surface area contributed by atoms with Crippen LogP contribution in [-0.4, -0.2) is 22.0 Å². The molecule has 0 aliphatic rings. The van der Waals surface area contributed by atoms with Crippen LogP contribution < -0.4 is 10.3 Å². The lowest BCUT2D eigenvalue weighted by atomic mass is 10.0. The average Bonchev–Trinajstić information content (AvgIpc) is 3.04. The minimum absolute atomic E-state index is 0.0301. The van der Waals surface area contributed by atoms with Crippen molar-refractivity contribution in [2.24, 2.45) is 0 Å². The van der Waals surface area contributed by atoms with Gasteiger partial charge in [0.1, 0.15) is 16.4 Å². The SMILES string of the molecule is COc1cccc(-c2c(C)sc3nc(Cc4ccc([N+](=O)[O-])cc4)[nH]c(=O)c23)c1. The lowest BCUT2D eigenvalue weighted by Crippen LogP contribution is -2.11. The number of benzene rings is 2.